The first-order valence-electron chi connectivity index (χ1n) is 16.3. The third-order valence-electron chi connectivity index (χ3n) is 11.4. The van der Waals surface area contributed by atoms with Crippen molar-refractivity contribution < 1.29 is 57.8 Å². The number of ether oxygens (including phenoxy) is 7. The first-order valence-corrected chi connectivity index (χ1v) is 17.5. The Balaban J connectivity index is 1.62. The average molecular weight is 760 g/mol. The smallest absolute Gasteiger partial charge is 0.455 e. The maximum Gasteiger partial charge on any atom is 0.508 e. The second kappa shape index (κ2) is 12.9. The number of aliphatic hydroxyl groups excluding tert-OH is 1. The number of aliphatic hydroxyl groups is 2. The van der Waals surface area contributed by atoms with Gasteiger partial charge in [-0.15, -0.1) is 0 Å². The molecule has 2 saturated carbocycles. The van der Waals surface area contributed by atoms with E-state index < -0.39 is 99.4 Å². The minimum absolute atomic E-state index is 0.0314. The molecule has 2 N–H and O–H groups in total. The van der Waals surface area contributed by atoms with Gasteiger partial charge in [0.05, 0.1) is 24.2 Å². The summed E-state index contributed by atoms with van der Waals surface area (Å²) in [6.45, 7) is 11.4. The molecule has 1 aromatic rings. The summed E-state index contributed by atoms with van der Waals surface area (Å²) < 4.78 is 41.0. The fourth-order valence-electron chi connectivity index (χ4n) is 9.06. The van der Waals surface area contributed by atoms with E-state index in [0.717, 1.165) is 0 Å². The Hall–Kier alpha value is -2.42. The molecule has 0 unspecified atom stereocenters. The van der Waals surface area contributed by atoms with Crippen molar-refractivity contribution in [2.45, 2.75) is 105 Å². The number of rotatable bonds is 6. The average Bonchev–Trinajstić information content (AvgIpc) is 3.46. The van der Waals surface area contributed by atoms with Crippen LogP contribution in [0.1, 0.15) is 57.8 Å². The van der Waals surface area contributed by atoms with Gasteiger partial charge >= 0.3 is 18.1 Å². The summed E-state index contributed by atoms with van der Waals surface area (Å²) in [5.74, 6) is -2.65. The van der Waals surface area contributed by atoms with E-state index in [1.54, 1.807) is 58.0 Å². The topological polar surface area (TPSA) is 156 Å². The molecule has 2 heterocycles. The molecule has 2 bridgehead atoms. The van der Waals surface area contributed by atoms with Crippen molar-refractivity contribution >= 4 is 52.9 Å². The van der Waals surface area contributed by atoms with Crippen LogP contribution in [0.5, 0.6) is 0 Å². The highest BCUT2D eigenvalue weighted by atomic mass is 35.6. The molecule has 0 aromatic heterocycles. The third kappa shape index (κ3) is 5.84. The van der Waals surface area contributed by atoms with Gasteiger partial charge in [-0.25, -0.2) is 9.59 Å². The normalized spacial score (nSPS) is 40.0. The highest BCUT2D eigenvalue weighted by Gasteiger charge is 2.79. The second-order valence-corrected chi connectivity index (χ2v) is 17.0. The maximum atomic E-state index is 14.1. The van der Waals surface area contributed by atoms with Gasteiger partial charge in [0.25, 0.3) is 0 Å². The van der Waals surface area contributed by atoms with Crippen LogP contribution in [-0.4, -0.2) is 99.4 Å². The lowest BCUT2D eigenvalue weighted by molar-refractivity contribution is -0.362. The van der Waals surface area contributed by atoms with Crippen LogP contribution in [0.25, 0.3) is 0 Å². The molecule has 15 heteroatoms. The standard InChI is InChI=1S/C35H41Cl3O12/c1-7-23-47-25-24-17(2)20(40)14-34(43,31(24,4)5)28(49-29(41)19-11-9-8-10-12-19)26-32(6,27(25)48-23)21(46-30(42)45-16-35(36,37)38)13-22-33(26,15-44-22)50-18(3)39/h7-12,20-23,25-28,40,43H,1,13-16H2,2-6H3/t20-,21-,22+,23+,25+,26-,27+,28-,32+,33-,34+/m0/s1. The SMILES string of the molecule is C=C[C@@H]1O[C@@H]2C3=C(C)[C@@H](O)C[C@@](O)([C@@H](OC(=O)c4ccccc4)[C@@H]4[C@]5(OC(C)=O)CO[C@@H]5C[C@H](OC(=O)OCC(Cl)(Cl)Cl)[C@@]4(C)[C@@H]2O1)C3(C)C. The van der Waals surface area contributed by atoms with Gasteiger partial charge in [0.2, 0.25) is 3.79 Å². The molecular weight excluding hydrogens is 719 g/mol. The van der Waals surface area contributed by atoms with Crippen LogP contribution < -0.4 is 0 Å². The molecule has 12 nitrogen and oxygen atoms in total. The zero-order valence-corrected chi connectivity index (χ0v) is 30.5. The highest BCUT2D eigenvalue weighted by Crippen LogP contribution is 2.67. The van der Waals surface area contributed by atoms with Gasteiger partial charge in [0, 0.05) is 30.6 Å². The Labute approximate surface area is 304 Å². The summed E-state index contributed by atoms with van der Waals surface area (Å²) in [6, 6.07) is 8.20. The number of hydrogen-bond donors (Lipinski definition) is 2. The zero-order valence-electron chi connectivity index (χ0n) is 28.2. The van der Waals surface area contributed by atoms with Crippen LogP contribution in [0.4, 0.5) is 4.79 Å². The van der Waals surface area contributed by atoms with E-state index in [2.05, 4.69) is 6.58 Å². The van der Waals surface area contributed by atoms with Crippen molar-refractivity contribution in [2.24, 2.45) is 16.7 Å². The van der Waals surface area contributed by atoms with Gasteiger partial charge in [0.15, 0.2) is 11.9 Å². The van der Waals surface area contributed by atoms with E-state index in [1.807, 2.05) is 0 Å². The summed E-state index contributed by atoms with van der Waals surface area (Å²) in [5.41, 5.74) is -5.09. The number of halogens is 3. The van der Waals surface area contributed by atoms with Crippen LogP contribution in [0.2, 0.25) is 0 Å². The minimum Gasteiger partial charge on any atom is -0.455 e. The molecule has 3 aliphatic carbocycles. The molecule has 2 saturated heterocycles. The fourth-order valence-corrected chi connectivity index (χ4v) is 9.22. The van der Waals surface area contributed by atoms with Crippen molar-refractivity contribution in [3.05, 3.63) is 59.7 Å². The molecule has 6 rings (SSSR count). The molecule has 2 aliphatic heterocycles. The zero-order chi connectivity index (χ0) is 36.6. The quantitative estimate of drug-likeness (QED) is 0.174. The highest BCUT2D eigenvalue weighted by molar-refractivity contribution is 6.67. The van der Waals surface area contributed by atoms with Gasteiger partial charge < -0.3 is 43.4 Å². The lowest BCUT2D eigenvalue weighted by Gasteiger charge is -2.69. The van der Waals surface area contributed by atoms with Crippen molar-refractivity contribution in [3.63, 3.8) is 0 Å². The molecule has 0 amide bonds. The van der Waals surface area contributed by atoms with Crippen molar-refractivity contribution in [1.82, 2.24) is 0 Å². The van der Waals surface area contributed by atoms with E-state index in [4.69, 9.17) is 68.0 Å². The molecule has 4 fully saturated rings. The van der Waals surface area contributed by atoms with E-state index in [1.165, 1.54) is 13.0 Å². The minimum atomic E-state index is -2.04. The van der Waals surface area contributed by atoms with Crippen LogP contribution >= 0.6 is 34.8 Å². The van der Waals surface area contributed by atoms with Gasteiger partial charge in [-0.1, -0.05) is 80.4 Å². The van der Waals surface area contributed by atoms with Crippen molar-refractivity contribution in [3.8, 4) is 0 Å². The largest absolute Gasteiger partial charge is 0.508 e. The number of alkyl halides is 3. The molecule has 50 heavy (non-hydrogen) atoms. The number of carbonyl (C=O) groups excluding carboxylic acids is 3. The van der Waals surface area contributed by atoms with Gasteiger partial charge in [-0.05, 0) is 36.3 Å². The molecule has 5 aliphatic rings. The Morgan fingerprint density at radius 2 is 1.78 bits per heavy atom. The molecular formula is C35H41Cl3O12. The molecule has 11 atom stereocenters. The Kier molecular flexibility index (Phi) is 9.64. The van der Waals surface area contributed by atoms with Crippen molar-refractivity contribution in [1.29, 1.82) is 0 Å². The van der Waals surface area contributed by atoms with Crippen LogP contribution in [0.3, 0.4) is 0 Å². The Morgan fingerprint density at radius 3 is 2.36 bits per heavy atom. The van der Waals surface area contributed by atoms with Crippen molar-refractivity contribution in [2.75, 3.05) is 13.2 Å². The summed E-state index contributed by atoms with van der Waals surface area (Å²) in [6.07, 6.45) is -7.79. The predicted octanol–water partition coefficient (Wildman–Crippen LogP) is 4.98. The lowest BCUT2D eigenvalue weighted by Crippen LogP contribution is -2.82. The number of carbonyl (C=O) groups is 3. The Bertz CT molecular complexity index is 1580. The summed E-state index contributed by atoms with van der Waals surface area (Å²) >= 11 is 17.5. The van der Waals surface area contributed by atoms with Crippen LogP contribution in [0.15, 0.2) is 54.1 Å². The molecule has 274 valence electrons. The van der Waals surface area contributed by atoms with Gasteiger partial charge in [0.1, 0.15) is 42.7 Å². The first-order chi connectivity index (χ1) is 23.3. The van der Waals surface area contributed by atoms with Gasteiger partial charge in [-0.2, -0.15) is 0 Å². The van der Waals surface area contributed by atoms with E-state index >= 15 is 0 Å². The van der Waals surface area contributed by atoms with E-state index in [0.29, 0.717) is 11.1 Å². The lowest BCUT2D eigenvalue weighted by atomic mass is 9.44. The summed E-state index contributed by atoms with van der Waals surface area (Å²) in [4.78, 5) is 40.3. The number of esters is 2. The maximum absolute atomic E-state index is 14.1. The second-order valence-electron chi connectivity index (χ2n) is 14.5. The Morgan fingerprint density at radius 1 is 1.10 bits per heavy atom. The van der Waals surface area contributed by atoms with Gasteiger partial charge in [-0.3, -0.25) is 4.79 Å². The monoisotopic (exact) mass is 758 g/mol. The van der Waals surface area contributed by atoms with Crippen LogP contribution in [-0.2, 0) is 38.0 Å². The fraction of sp³-hybridized carbons (Fsp3) is 0.629. The van der Waals surface area contributed by atoms with Crippen LogP contribution in [0, 0.1) is 16.7 Å². The number of benzene rings is 1. The van der Waals surface area contributed by atoms with E-state index in [-0.39, 0.29) is 25.0 Å². The molecule has 1 aromatic carbocycles. The summed E-state index contributed by atoms with van der Waals surface area (Å²) in [5, 5.41) is 24.9. The molecule has 0 spiro atoms. The predicted molar refractivity (Wildman–Crippen MR) is 178 cm³/mol. The van der Waals surface area contributed by atoms with E-state index in [9.17, 15) is 24.6 Å². The summed E-state index contributed by atoms with van der Waals surface area (Å²) in [7, 11) is 0. The first kappa shape index (κ1) is 37.3. The molecule has 0 radical (unpaired) electrons. The number of fused-ring (bicyclic) bond motifs is 8. The number of hydrogen-bond acceptors (Lipinski definition) is 12. The third-order valence-corrected chi connectivity index (χ3v) is 11.8.